The number of hydrogen-bond donors (Lipinski definition) is 1. The van der Waals surface area contributed by atoms with E-state index in [1.165, 1.54) is 25.7 Å². The molecule has 0 fully saturated rings. The van der Waals surface area contributed by atoms with Crippen LogP contribution in [0.4, 0.5) is 0 Å². The zero-order valence-corrected chi connectivity index (χ0v) is 11.8. The highest BCUT2D eigenvalue weighted by molar-refractivity contribution is 5.18. The van der Waals surface area contributed by atoms with Crippen molar-refractivity contribution in [2.24, 2.45) is 5.41 Å². The molecule has 3 heteroatoms. The van der Waals surface area contributed by atoms with Crippen LogP contribution in [0.5, 0.6) is 0 Å². The van der Waals surface area contributed by atoms with Crippen LogP contribution in [0.25, 0.3) is 0 Å². The van der Waals surface area contributed by atoms with E-state index in [0.717, 1.165) is 12.3 Å². The van der Waals surface area contributed by atoms with Crippen LogP contribution in [0.3, 0.4) is 0 Å². The smallest absolute Gasteiger partial charge is 0.203 e. The zero-order chi connectivity index (χ0) is 13.4. The molecule has 0 aliphatic rings. The topological polar surface area (TPSA) is 49.0 Å². The zero-order valence-electron chi connectivity index (χ0n) is 11.8. The molecule has 0 amide bonds. The maximum atomic E-state index is 8.66. The lowest BCUT2D eigenvalue weighted by Crippen LogP contribution is -2.28. The first kappa shape index (κ1) is 14.8. The van der Waals surface area contributed by atoms with Gasteiger partial charge >= 0.3 is 0 Å². The Labute approximate surface area is 110 Å². The van der Waals surface area contributed by atoms with Crippen molar-refractivity contribution in [2.75, 3.05) is 6.54 Å². The Morgan fingerprint density at radius 3 is 2.72 bits per heavy atom. The molecule has 0 spiro atoms. The largest absolute Gasteiger partial charge is 0.449 e. The van der Waals surface area contributed by atoms with Crippen LogP contribution < -0.4 is 5.32 Å². The maximum Gasteiger partial charge on any atom is 0.203 e. The standard InChI is InChI=1S/C15H24N2O/c1-4-5-6-9-15(2,3)12-17-11-14-8-7-13(10-16)18-14/h7-8,17H,4-6,9,11-12H2,1-3H3. The van der Waals surface area contributed by atoms with Gasteiger partial charge in [0, 0.05) is 6.54 Å². The molecule has 18 heavy (non-hydrogen) atoms. The Kier molecular flexibility index (Phi) is 5.94. The summed E-state index contributed by atoms with van der Waals surface area (Å²) in [4.78, 5) is 0. The van der Waals surface area contributed by atoms with E-state index in [0.29, 0.717) is 17.7 Å². The van der Waals surface area contributed by atoms with Gasteiger partial charge in [-0.3, -0.25) is 0 Å². The van der Waals surface area contributed by atoms with E-state index in [1.54, 1.807) is 6.07 Å². The minimum Gasteiger partial charge on any atom is -0.449 e. The quantitative estimate of drug-likeness (QED) is 0.711. The molecule has 0 unspecified atom stereocenters. The number of rotatable bonds is 8. The minimum atomic E-state index is 0.319. The number of furan rings is 1. The average molecular weight is 248 g/mol. The van der Waals surface area contributed by atoms with E-state index >= 15 is 0 Å². The Bertz CT molecular complexity index is 387. The van der Waals surface area contributed by atoms with Crippen molar-refractivity contribution in [1.82, 2.24) is 5.32 Å². The normalized spacial score (nSPS) is 11.4. The van der Waals surface area contributed by atoms with E-state index in [4.69, 9.17) is 9.68 Å². The molecular weight excluding hydrogens is 224 g/mol. The second-order valence-electron chi connectivity index (χ2n) is 5.60. The second kappa shape index (κ2) is 7.23. The summed E-state index contributed by atoms with van der Waals surface area (Å²) in [5.41, 5.74) is 0.319. The van der Waals surface area contributed by atoms with Crippen molar-refractivity contribution < 1.29 is 4.42 Å². The molecule has 0 aliphatic carbocycles. The number of unbranched alkanes of at least 4 members (excludes halogenated alkanes) is 2. The maximum absolute atomic E-state index is 8.66. The summed E-state index contributed by atoms with van der Waals surface area (Å²) < 4.78 is 5.32. The summed E-state index contributed by atoms with van der Waals surface area (Å²) in [5.74, 6) is 1.21. The highest BCUT2D eigenvalue weighted by Crippen LogP contribution is 2.22. The van der Waals surface area contributed by atoms with Crippen LogP contribution in [-0.4, -0.2) is 6.54 Å². The van der Waals surface area contributed by atoms with Gasteiger partial charge in [-0.05, 0) is 24.0 Å². The summed E-state index contributed by atoms with van der Waals surface area (Å²) in [7, 11) is 0. The van der Waals surface area contributed by atoms with Crippen molar-refractivity contribution in [3.8, 4) is 6.07 Å². The fourth-order valence-electron chi connectivity index (χ4n) is 2.00. The van der Waals surface area contributed by atoms with Crippen molar-refractivity contribution in [3.63, 3.8) is 0 Å². The van der Waals surface area contributed by atoms with Crippen LogP contribution in [0.1, 0.15) is 58.0 Å². The first-order valence-electron chi connectivity index (χ1n) is 6.77. The molecule has 100 valence electrons. The molecule has 0 bridgehead atoms. The highest BCUT2D eigenvalue weighted by atomic mass is 16.3. The summed E-state index contributed by atoms with van der Waals surface area (Å²) >= 11 is 0. The molecule has 0 saturated heterocycles. The van der Waals surface area contributed by atoms with Crippen LogP contribution in [-0.2, 0) is 6.54 Å². The third kappa shape index (κ3) is 5.37. The first-order chi connectivity index (χ1) is 8.57. The molecule has 1 aromatic heterocycles. The van der Waals surface area contributed by atoms with Gasteiger partial charge in [-0.2, -0.15) is 5.26 Å². The fourth-order valence-corrected chi connectivity index (χ4v) is 2.00. The van der Waals surface area contributed by atoms with Gasteiger partial charge in [0.25, 0.3) is 0 Å². The molecule has 0 radical (unpaired) electrons. The van der Waals surface area contributed by atoms with Gasteiger partial charge in [0.1, 0.15) is 11.8 Å². The summed E-state index contributed by atoms with van der Waals surface area (Å²) in [6, 6.07) is 5.56. The van der Waals surface area contributed by atoms with Gasteiger partial charge < -0.3 is 9.73 Å². The lowest BCUT2D eigenvalue weighted by atomic mass is 9.87. The van der Waals surface area contributed by atoms with Gasteiger partial charge in [-0.15, -0.1) is 0 Å². The molecule has 0 aromatic carbocycles. The summed E-state index contributed by atoms with van der Waals surface area (Å²) in [6.45, 7) is 8.48. The van der Waals surface area contributed by atoms with E-state index < -0.39 is 0 Å². The molecule has 0 aliphatic heterocycles. The second-order valence-corrected chi connectivity index (χ2v) is 5.60. The first-order valence-corrected chi connectivity index (χ1v) is 6.77. The molecule has 1 aromatic rings. The number of nitriles is 1. The Morgan fingerprint density at radius 1 is 1.33 bits per heavy atom. The third-order valence-electron chi connectivity index (χ3n) is 3.13. The van der Waals surface area contributed by atoms with Gasteiger partial charge in [0.05, 0.1) is 6.54 Å². The van der Waals surface area contributed by atoms with Crippen LogP contribution >= 0.6 is 0 Å². The molecule has 1 rings (SSSR count). The monoisotopic (exact) mass is 248 g/mol. The van der Waals surface area contributed by atoms with Crippen molar-refractivity contribution in [2.45, 2.75) is 53.0 Å². The van der Waals surface area contributed by atoms with Crippen molar-refractivity contribution >= 4 is 0 Å². The highest BCUT2D eigenvalue weighted by Gasteiger charge is 2.16. The molecule has 0 saturated carbocycles. The van der Waals surface area contributed by atoms with E-state index in [9.17, 15) is 0 Å². The summed E-state index contributed by atoms with van der Waals surface area (Å²) in [6.07, 6.45) is 5.12. The van der Waals surface area contributed by atoms with E-state index in [1.807, 2.05) is 12.1 Å². The Hall–Kier alpha value is -1.27. The molecule has 0 atom stereocenters. The number of nitrogens with one attached hydrogen (secondary N) is 1. The Balaban J connectivity index is 2.25. The predicted molar refractivity (Wildman–Crippen MR) is 73.1 cm³/mol. The van der Waals surface area contributed by atoms with E-state index in [-0.39, 0.29) is 0 Å². The van der Waals surface area contributed by atoms with E-state index in [2.05, 4.69) is 26.1 Å². The lowest BCUT2D eigenvalue weighted by Gasteiger charge is -2.24. The minimum absolute atomic E-state index is 0.319. The average Bonchev–Trinajstić information content (AvgIpc) is 2.77. The lowest BCUT2D eigenvalue weighted by molar-refractivity contribution is 0.297. The molecule has 3 nitrogen and oxygen atoms in total. The fraction of sp³-hybridized carbons (Fsp3) is 0.667. The molecule has 1 N–H and O–H groups in total. The van der Waals surface area contributed by atoms with Gasteiger partial charge in [0.2, 0.25) is 5.76 Å². The molecular formula is C15H24N2O. The van der Waals surface area contributed by atoms with Crippen LogP contribution in [0.2, 0.25) is 0 Å². The van der Waals surface area contributed by atoms with Crippen molar-refractivity contribution in [3.05, 3.63) is 23.7 Å². The number of hydrogen-bond acceptors (Lipinski definition) is 3. The molecule has 1 heterocycles. The predicted octanol–water partition coefficient (Wildman–Crippen LogP) is 3.85. The number of nitrogens with zero attached hydrogens (tertiary/aromatic N) is 1. The SMILES string of the molecule is CCCCCC(C)(C)CNCc1ccc(C#N)o1. The summed E-state index contributed by atoms with van der Waals surface area (Å²) in [5, 5.41) is 12.1. The third-order valence-corrected chi connectivity index (χ3v) is 3.13. The van der Waals surface area contributed by atoms with Gasteiger partial charge in [-0.25, -0.2) is 0 Å². The van der Waals surface area contributed by atoms with Gasteiger partial charge in [0.15, 0.2) is 0 Å². The van der Waals surface area contributed by atoms with Crippen molar-refractivity contribution in [1.29, 1.82) is 5.26 Å². The Morgan fingerprint density at radius 2 is 2.11 bits per heavy atom. The van der Waals surface area contributed by atoms with Crippen LogP contribution in [0.15, 0.2) is 16.5 Å². The van der Waals surface area contributed by atoms with Gasteiger partial charge in [-0.1, -0.05) is 40.0 Å². The van der Waals surface area contributed by atoms with Crippen LogP contribution in [0, 0.1) is 16.7 Å².